The summed E-state index contributed by atoms with van der Waals surface area (Å²) in [5.41, 5.74) is 0. The lowest BCUT2D eigenvalue weighted by Crippen LogP contribution is -2.51. The molecule has 0 saturated heterocycles. The monoisotopic (exact) mass is 623 g/mol. The van der Waals surface area contributed by atoms with E-state index >= 15 is 0 Å². The van der Waals surface area contributed by atoms with Crippen molar-refractivity contribution < 1.29 is 84.7 Å². The van der Waals surface area contributed by atoms with Gasteiger partial charge in [0.1, 0.15) is 42.7 Å². The molecule has 18 nitrogen and oxygen atoms in total. The third-order valence-electron chi connectivity index (χ3n) is 5.23. The lowest BCUT2D eigenvalue weighted by atomic mass is 10.0. The number of aliphatic hydroxyl groups excluding tert-OH is 11. The predicted molar refractivity (Wildman–Crippen MR) is 140 cm³/mol. The first kappa shape index (κ1) is 40.8. The molecule has 0 aromatic carbocycles. The summed E-state index contributed by atoms with van der Waals surface area (Å²) in [5.74, 6) is -0.986. The number of hydrogen-bond acceptors (Lipinski definition) is 17. The van der Waals surface area contributed by atoms with Crippen molar-refractivity contribution in [2.24, 2.45) is 0 Å². The molecule has 0 saturated carbocycles. The molecule has 0 aliphatic carbocycles. The van der Waals surface area contributed by atoms with E-state index in [2.05, 4.69) is 5.32 Å². The van der Waals surface area contributed by atoms with Crippen LogP contribution in [0.3, 0.4) is 0 Å². The van der Waals surface area contributed by atoms with Crippen LogP contribution < -0.4 is 5.32 Å². The number of aliphatic hydroxyl groups is 11. The molecule has 0 radical (unpaired) electrons. The molecule has 0 bridgehead atoms. The standard InChI is InChI=1S/C24H49NO17/c1-14(27)4-38-5-15(28)6-39-7-16(29)8-40-9-17(30)10-41-11-18(31)12-42-13-21(34)24(37)25-2-19(32)22(35)23(36)20(33)3-26/h14-23,26-36H,2-13H2,1H3,(H,25,37)/t14?,15?,16?,17?,18?,19-,20+,21?,22+,23+/m0/s1. The zero-order valence-corrected chi connectivity index (χ0v) is 23.6. The third kappa shape index (κ3) is 20.7. The predicted octanol–water partition coefficient (Wildman–Crippen LogP) is -7.19. The molecule has 42 heavy (non-hydrogen) atoms. The minimum atomic E-state index is -1.88. The highest BCUT2D eigenvalue weighted by molar-refractivity contribution is 5.80. The van der Waals surface area contributed by atoms with Gasteiger partial charge in [-0.3, -0.25) is 4.79 Å². The molecule has 18 heteroatoms. The smallest absolute Gasteiger partial charge is 0.251 e. The Labute approximate surface area is 243 Å². The van der Waals surface area contributed by atoms with E-state index in [9.17, 15) is 50.8 Å². The summed E-state index contributed by atoms with van der Waals surface area (Å²) >= 11 is 0. The van der Waals surface area contributed by atoms with Crippen LogP contribution in [-0.4, -0.2) is 202 Å². The SMILES string of the molecule is CC(O)COCC(O)COCC(O)COCC(O)COCC(O)COCC(O)C(=O)NC[C@H](O)[C@@H](O)[C@H](O)[C@H](O)CO. The lowest BCUT2D eigenvalue weighted by molar-refractivity contribution is -0.136. The Morgan fingerprint density at radius 2 is 0.881 bits per heavy atom. The van der Waals surface area contributed by atoms with E-state index in [4.69, 9.17) is 33.9 Å². The third-order valence-corrected chi connectivity index (χ3v) is 5.23. The van der Waals surface area contributed by atoms with Gasteiger partial charge >= 0.3 is 0 Å². The van der Waals surface area contributed by atoms with Gasteiger partial charge in [-0.2, -0.15) is 0 Å². The minimum Gasteiger partial charge on any atom is -0.394 e. The zero-order valence-electron chi connectivity index (χ0n) is 23.6. The molecule has 252 valence electrons. The number of nitrogens with one attached hydrogen (secondary N) is 1. The van der Waals surface area contributed by atoms with Crippen LogP contribution in [0.25, 0.3) is 0 Å². The first-order valence-electron chi connectivity index (χ1n) is 13.4. The van der Waals surface area contributed by atoms with Gasteiger partial charge in [0.25, 0.3) is 5.91 Å². The summed E-state index contributed by atoms with van der Waals surface area (Å²) < 4.78 is 25.5. The Balaban J connectivity index is 3.90. The summed E-state index contributed by atoms with van der Waals surface area (Å²) in [6.45, 7) is -1.78. The molecule has 0 aliphatic rings. The van der Waals surface area contributed by atoms with Crippen LogP contribution in [0, 0.1) is 0 Å². The molecule has 0 fully saturated rings. The maximum Gasteiger partial charge on any atom is 0.251 e. The molecule has 0 rings (SSSR count). The van der Waals surface area contributed by atoms with Crippen molar-refractivity contribution >= 4 is 5.91 Å². The molecule has 1 amide bonds. The Kier molecular flexibility index (Phi) is 23.5. The maximum absolute atomic E-state index is 11.9. The van der Waals surface area contributed by atoms with Crippen LogP contribution in [0.5, 0.6) is 0 Å². The summed E-state index contributed by atoms with van der Waals surface area (Å²) in [5, 5.41) is 107. The second-order valence-electron chi connectivity index (χ2n) is 9.71. The van der Waals surface area contributed by atoms with Crippen LogP contribution in [0.1, 0.15) is 6.92 Å². The van der Waals surface area contributed by atoms with Crippen LogP contribution in [0.2, 0.25) is 0 Å². The fourth-order valence-corrected chi connectivity index (χ4v) is 2.99. The van der Waals surface area contributed by atoms with Crippen molar-refractivity contribution in [2.75, 3.05) is 79.2 Å². The molecule has 6 unspecified atom stereocenters. The van der Waals surface area contributed by atoms with Gasteiger partial charge in [-0.1, -0.05) is 0 Å². The first-order valence-corrected chi connectivity index (χ1v) is 13.4. The van der Waals surface area contributed by atoms with E-state index in [-0.39, 0.29) is 59.5 Å². The number of carbonyl (C=O) groups is 1. The summed E-state index contributed by atoms with van der Waals surface area (Å²) in [7, 11) is 0. The quantitative estimate of drug-likeness (QED) is 0.0404. The largest absolute Gasteiger partial charge is 0.394 e. The maximum atomic E-state index is 11.9. The number of amides is 1. The minimum absolute atomic E-state index is 0.0315. The molecular weight excluding hydrogens is 574 g/mol. The average molecular weight is 624 g/mol. The van der Waals surface area contributed by atoms with Crippen molar-refractivity contribution in [3.63, 3.8) is 0 Å². The number of rotatable bonds is 27. The second kappa shape index (κ2) is 24.2. The van der Waals surface area contributed by atoms with Crippen molar-refractivity contribution in [1.82, 2.24) is 5.32 Å². The van der Waals surface area contributed by atoms with Crippen molar-refractivity contribution in [1.29, 1.82) is 0 Å². The van der Waals surface area contributed by atoms with Crippen molar-refractivity contribution in [2.45, 2.75) is 68.0 Å². The van der Waals surface area contributed by atoms with Gasteiger partial charge < -0.3 is 85.2 Å². The topological polar surface area (TPSA) is 298 Å². The lowest BCUT2D eigenvalue weighted by Gasteiger charge is -2.26. The molecule has 0 heterocycles. The van der Waals surface area contributed by atoms with E-state index in [1.54, 1.807) is 6.92 Å². The van der Waals surface area contributed by atoms with E-state index in [1.807, 2.05) is 0 Å². The summed E-state index contributed by atoms with van der Waals surface area (Å²) in [6, 6.07) is 0. The highest BCUT2D eigenvalue weighted by Gasteiger charge is 2.30. The fourth-order valence-electron chi connectivity index (χ4n) is 2.99. The van der Waals surface area contributed by atoms with Gasteiger partial charge in [-0.05, 0) is 6.92 Å². The molecule has 0 aromatic heterocycles. The average Bonchev–Trinajstić information content (AvgIpc) is 2.94. The van der Waals surface area contributed by atoms with Crippen LogP contribution >= 0.6 is 0 Å². The van der Waals surface area contributed by atoms with Gasteiger partial charge in [0.2, 0.25) is 0 Å². The Morgan fingerprint density at radius 1 is 0.548 bits per heavy atom. The molecule has 0 aliphatic heterocycles. The van der Waals surface area contributed by atoms with Crippen molar-refractivity contribution in [3.05, 3.63) is 0 Å². The first-order chi connectivity index (χ1) is 19.8. The summed E-state index contributed by atoms with van der Waals surface area (Å²) in [6.07, 6.45) is -13.7. The van der Waals surface area contributed by atoms with Crippen LogP contribution in [0.4, 0.5) is 0 Å². The molecule has 0 spiro atoms. The van der Waals surface area contributed by atoms with Crippen LogP contribution in [-0.2, 0) is 28.5 Å². The number of ether oxygens (including phenoxy) is 5. The highest BCUT2D eigenvalue weighted by Crippen LogP contribution is 2.05. The van der Waals surface area contributed by atoms with E-state index < -0.39 is 86.7 Å². The highest BCUT2D eigenvalue weighted by atomic mass is 16.5. The van der Waals surface area contributed by atoms with E-state index in [0.29, 0.717) is 0 Å². The van der Waals surface area contributed by atoms with Gasteiger partial charge in [-0.15, -0.1) is 0 Å². The van der Waals surface area contributed by atoms with Crippen LogP contribution in [0.15, 0.2) is 0 Å². The van der Waals surface area contributed by atoms with Gasteiger partial charge in [-0.25, -0.2) is 0 Å². The molecule has 0 aromatic rings. The Bertz CT molecular complexity index is 662. The number of hydrogen-bond donors (Lipinski definition) is 12. The second-order valence-corrected chi connectivity index (χ2v) is 9.71. The van der Waals surface area contributed by atoms with Crippen molar-refractivity contribution in [3.8, 4) is 0 Å². The Morgan fingerprint density at radius 3 is 1.24 bits per heavy atom. The zero-order chi connectivity index (χ0) is 32.1. The van der Waals surface area contributed by atoms with Gasteiger partial charge in [0.05, 0.1) is 84.9 Å². The van der Waals surface area contributed by atoms with Gasteiger partial charge in [0, 0.05) is 6.54 Å². The van der Waals surface area contributed by atoms with E-state index in [0.717, 1.165) is 0 Å². The fraction of sp³-hybridized carbons (Fsp3) is 0.958. The summed E-state index contributed by atoms with van der Waals surface area (Å²) in [4.78, 5) is 11.9. The molecular formula is C24H49NO17. The Hall–Kier alpha value is -1.17. The molecule has 10 atom stereocenters. The van der Waals surface area contributed by atoms with E-state index in [1.165, 1.54) is 0 Å². The van der Waals surface area contributed by atoms with Gasteiger partial charge in [0.15, 0.2) is 6.10 Å². The normalized spacial score (nSPS) is 19.2. The molecule has 12 N–H and O–H groups in total. The number of carbonyl (C=O) groups excluding carboxylic acids is 1.